The van der Waals surface area contributed by atoms with Crippen LogP contribution in [0.2, 0.25) is 0 Å². The Morgan fingerprint density at radius 3 is 2.68 bits per heavy atom. The quantitative estimate of drug-likeness (QED) is 0.370. The van der Waals surface area contributed by atoms with E-state index in [-0.39, 0.29) is 29.7 Å². The number of benzene rings is 1. The fourth-order valence-corrected chi connectivity index (χ4v) is 5.11. The highest BCUT2D eigenvalue weighted by molar-refractivity contribution is 14.0. The van der Waals surface area contributed by atoms with E-state index in [0.29, 0.717) is 19.6 Å². The smallest absolute Gasteiger partial charge is 0.194 e. The van der Waals surface area contributed by atoms with E-state index >= 15 is 0 Å². The molecule has 0 atom stereocenters. The number of aliphatic imine (C=N–C) groups is 1. The summed E-state index contributed by atoms with van der Waals surface area (Å²) in [7, 11) is -3.07. The van der Waals surface area contributed by atoms with Crippen LogP contribution in [0.4, 0.5) is 0 Å². The molecule has 0 aliphatic carbocycles. The molecule has 0 unspecified atom stereocenters. The molecule has 1 N–H and O–H groups in total. The molecule has 0 bridgehead atoms. The van der Waals surface area contributed by atoms with Gasteiger partial charge in [-0.25, -0.2) is 18.4 Å². The lowest BCUT2D eigenvalue weighted by Crippen LogP contribution is -2.57. The van der Waals surface area contributed by atoms with E-state index in [0.717, 1.165) is 28.8 Å². The van der Waals surface area contributed by atoms with Gasteiger partial charge in [0.2, 0.25) is 0 Å². The van der Waals surface area contributed by atoms with E-state index in [1.54, 1.807) is 25.2 Å². The third-order valence-electron chi connectivity index (χ3n) is 4.66. The highest BCUT2D eigenvalue weighted by atomic mass is 127. The number of thiazole rings is 1. The zero-order valence-corrected chi connectivity index (χ0v) is 20.3. The van der Waals surface area contributed by atoms with E-state index in [2.05, 4.69) is 10.3 Å². The zero-order valence-electron chi connectivity index (χ0n) is 16.4. The Bertz CT molecular complexity index is 911. The topological polar surface area (TPSA) is 74.7 Å². The minimum atomic E-state index is -3.07. The maximum absolute atomic E-state index is 12.3. The Hall–Kier alpha value is -1.20. The Morgan fingerprint density at radius 1 is 1.32 bits per heavy atom. The second-order valence-corrected chi connectivity index (χ2v) is 10.8. The summed E-state index contributed by atoms with van der Waals surface area (Å²) < 4.78 is 23.7. The van der Waals surface area contributed by atoms with Crippen molar-refractivity contribution in [1.29, 1.82) is 0 Å². The Kier molecular flexibility index (Phi) is 7.86. The molecule has 0 saturated carbocycles. The van der Waals surface area contributed by atoms with Crippen LogP contribution < -0.4 is 5.32 Å². The molecule has 9 heteroatoms. The maximum atomic E-state index is 12.3. The summed E-state index contributed by atoms with van der Waals surface area (Å²) in [4.78, 5) is 11.4. The van der Waals surface area contributed by atoms with Gasteiger partial charge in [0.25, 0.3) is 0 Å². The summed E-state index contributed by atoms with van der Waals surface area (Å²) in [6, 6.07) is 10.1. The van der Waals surface area contributed by atoms with E-state index in [1.165, 1.54) is 0 Å². The molecular formula is C19H27IN4O2S2. The first-order chi connectivity index (χ1) is 12.8. The molecule has 2 aromatic rings. The van der Waals surface area contributed by atoms with Crippen LogP contribution in [0.15, 0.2) is 40.7 Å². The van der Waals surface area contributed by atoms with E-state index in [1.807, 2.05) is 47.5 Å². The van der Waals surface area contributed by atoms with Crippen molar-refractivity contribution in [3.8, 4) is 11.3 Å². The molecule has 0 amide bonds. The maximum Gasteiger partial charge on any atom is 0.194 e. The van der Waals surface area contributed by atoms with Gasteiger partial charge in [-0.05, 0) is 20.8 Å². The first-order valence-corrected chi connectivity index (χ1v) is 11.6. The summed E-state index contributed by atoms with van der Waals surface area (Å²) >= 11 is 1.59. The first kappa shape index (κ1) is 23.1. The average molecular weight is 534 g/mol. The highest BCUT2D eigenvalue weighted by Crippen LogP contribution is 2.24. The van der Waals surface area contributed by atoms with Gasteiger partial charge in [0.15, 0.2) is 15.8 Å². The van der Waals surface area contributed by atoms with Crippen LogP contribution >= 0.6 is 35.3 Å². The van der Waals surface area contributed by atoms with E-state index in [9.17, 15) is 8.42 Å². The van der Waals surface area contributed by atoms with E-state index in [4.69, 9.17) is 4.99 Å². The zero-order chi connectivity index (χ0) is 19.5. The minimum absolute atomic E-state index is 0. The second kappa shape index (κ2) is 9.53. The van der Waals surface area contributed by atoms with E-state index < -0.39 is 14.6 Å². The largest absolute Gasteiger partial charge is 0.357 e. The molecule has 1 aliphatic heterocycles. The number of nitrogens with one attached hydrogen (secondary N) is 1. The van der Waals surface area contributed by atoms with Crippen molar-refractivity contribution in [3.05, 3.63) is 40.7 Å². The summed E-state index contributed by atoms with van der Waals surface area (Å²) in [6.45, 7) is 7.69. The molecule has 0 spiro atoms. The van der Waals surface area contributed by atoms with Gasteiger partial charge in [0.05, 0.1) is 22.7 Å². The number of nitrogens with zero attached hydrogens (tertiary/aromatic N) is 3. The Morgan fingerprint density at radius 2 is 2.04 bits per heavy atom. The van der Waals surface area contributed by atoms with Gasteiger partial charge >= 0.3 is 0 Å². The predicted molar refractivity (Wildman–Crippen MR) is 127 cm³/mol. The average Bonchev–Trinajstić information content (AvgIpc) is 3.11. The van der Waals surface area contributed by atoms with Crippen LogP contribution in [-0.4, -0.2) is 54.4 Å². The molecule has 0 radical (unpaired) electrons. The molecule has 1 aromatic heterocycles. The summed E-state index contributed by atoms with van der Waals surface area (Å²) in [5.41, 5.74) is 2.06. The predicted octanol–water partition coefficient (Wildman–Crippen LogP) is 3.40. The molecule has 1 aromatic carbocycles. The Labute approximate surface area is 188 Å². The highest BCUT2D eigenvalue weighted by Gasteiger charge is 2.40. The van der Waals surface area contributed by atoms with Gasteiger partial charge in [0, 0.05) is 30.6 Å². The second-order valence-electron chi connectivity index (χ2n) is 7.16. The fraction of sp³-hybridized carbons (Fsp3) is 0.474. The molecule has 154 valence electrons. The molecule has 1 aliphatic rings. The molecule has 1 saturated heterocycles. The molecule has 28 heavy (non-hydrogen) atoms. The van der Waals surface area contributed by atoms with Gasteiger partial charge in [-0.15, -0.1) is 35.3 Å². The third kappa shape index (κ3) is 5.24. The summed E-state index contributed by atoms with van der Waals surface area (Å²) in [6.07, 6.45) is 0. The van der Waals surface area contributed by atoms with Gasteiger partial charge in [-0.1, -0.05) is 30.3 Å². The summed E-state index contributed by atoms with van der Waals surface area (Å²) in [5.74, 6) is 0.900. The lowest BCUT2D eigenvalue weighted by molar-refractivity contribution is 0.353. The van der Waals surface area contributed by atoms with Crippen molar-refractivity contribution >= 4 is 51.1 Å². The number of halogens is 1. The van der Waals surface area contributed by atoms with Gasteiger partial charge in [-0.2, -0.15) is 0 Å². The normalized spacial score (nSPS) is 18.4. The molecule has 6 nitrogen and oxygen atoms in total. The van der Waals surface area contributed by atoms with Gasteiger partial charge < -0.3 is 10.2 Å². The van der Waals surface area contributed by atoms with Crippen molar-refractivity contribution < 1.29 is 8.42 Å². The van der Waals surface area contributed by atoms with Crippen molar-refractivity contribution in [2.24, 2.45) is 4.99 Å². The van der Waals surface area contributed by atoms with Crippen molar-refractivity contribution in [3.63, 3.8) is 0 Å². The van der Waals surface area contributed by atoms with Crippen molar-refractivity contribution in [2.45, 2.75) is 32.1 Å². The standard InChI is InChI=1S/C19H26N4O2S2.HI/c1-4-20-18(23-10-11-27(24,25)19(2,3)14-23)21-12-17-22-16(13-26-17)15-8-6-5-7-9-15;/h5-9,13H,4,10-12,14H2,1-3H3,(H,20,21);1H. The lowest BCUT2D eigenvalue weighted by atomic mass is 10.2. The van der Waals surface area contributed by atoms with Crippen molar-refractivity contribution in [2.75, 3.05) is 25.4 Å². The van der Waals surface area contributed by atoms with Crippen LogP contribution in [0, 0.1) is 0 Å². The molecular weight excluding hydrogens is 507 g/mol. The monoisotopic (exact) mass is 534 g/mol. The number of rotatable bonds is 4. The number of sulfone groups is 1. The van der Waals surface area contributed by atoms with Crippen LogP contribution in [0.3, 0.4) is 0 Å². The first-order valence-electron chi connectivity index (χ1n) is 9.08. The lowest BCUT2D eigenvalue weighted by Gasteiger charge is -2.39. The van der Waals surface area contributed by atoms with Crippen LogP contribution in [0.5, 0.6) is 0 Å². The number of hydrogen-bond donors (Lipinski definition) is 1. The molecule has 3 rings (SSSR count). The summed E-state index contributed by atoms with van der Waals surface area (Å²) in [5, 5.41) is 6.27. The minimum Gasteiger partial charge on any atom is -0.357 e. The number of aromatic nitrogens is 1. The Balaban J connectivity index is 0.00000280. The van der Waals surface area contributed by atoms with Crippen LogP contribution in [0.1, 0.15) is 25.8 Å². The third-order valence-corrected chi connectivity index (χ3v) is 8.03. The fourth-order valence-electron chi connectivity index (χ4n) is 3.02. The van der Waals surface area contributed by atoms with Gasteiger partial charge in [0.1, 0.15) is 5.01 Å². The van der Waals surface area contributed by atoms with Crippen LogP contribution in [0.25, 0.3) is 11.3 Å². The molecule has 2 heterocycles. The number of guanidine groups is 1. The molecule has 1 fully saturated rings. The van der Waals surface area contributed by atoms with Crippen LogP contribution in [-0.2, 0) is 16.4 Å². The number of hydrogen-bond acceptors (Lipinski definition) is 5. The SMILES string of the molecule is CCNC(=NCc1nc(-c2ccccc2)cs1)N1CCS(=O)(=O)C(C)(C)C1.I. The van der Waals surface area contributed by atoms with Gasteiger partial charge in [-0.3, -0.25) is 0 Å². The van der Waals surface area contributed by atoms with Crippen molar-refractivity contribution in [1.82, 2.24) is 15.2 Å².